The molecule has 0 spiro atoms. The Bertz CT molecular complexity index is 463. The highest BCUT2D eigenvalue weighted by molar-refractivity contribution is 5.56. The molecular weight excluding hydrogens is 247 g/mol. The van der Waals surface area contributed by atoms with Crippen LogP contribution in [0.2, 0.25) is 0 Å². The van der Waals surface area contributed by atoms with E-state index >= 15 is 0 Å². The first kappa shape index (κ1) is 11.6. The van der Waals surface area contributed by atoms with Crippen LogP contribution in [-0.4, -0.2) is 37.3 Å². The van der Waals surface area contributed by atoms with Crippen molar-refractivity contribution in [1.29, 1.82) is 0 Å². The first-order valence-electron chi connectivity index (χ1n) is 5.73. The Hall–Kier alpha value is -1.50. The van der Waals surface area contributed by atoms with Crippen LogP contribution in [0, 0.1) is 0 Å². The molecule has 2 aliphatic rings. The number of anilines is 1. The van der Waals surface area contributed by atoms with Gasteiger partial charge in [-0.3, -0.25) is 0 Å². The van der Waals surface area contributed by atoms with Crippen molar-refractivity contribution in [2.24, 2.45) is 0 Å². The maximum absolute atomic E-state index is 12.6. The second-order valence-electron chi connectivity index (χ2n) is 4.41. The Morgan fingerprint density at radius 1 is 1.44 bits per heavy atom. The lowest BCUT2D eigenvalue weighted by molar-refractivity contribution is -0.137. The minimum atomic E-state index is -4.38. The first-order valence-corrected chi connectivity index (χ1v) is 5.73. The largest absolute Gasteiger partial charge is 0.487 e. The van der Waals surface area contributed by atoms with Gasteiger partial charge >= 0.3 is 6.18 Å². The highest BCUT2D eigenvalue weighted by Crippen LogP contribution is 2.37. The molecule has 3 rings (SSSR count). The van der Waals surface area contributed by atoms with Gasteiger partial charge in [-0.2, -0.15) is 13.2 Å². The van der Waals surface area contributed by atoms with Crippen LogP contribution in [0.3, 0.4) is 0 Å². The van der Waals surface area contributed by atoms with Crippen molar-refractivity contribution >= 4 is 5.82 Å². The second-order valence-corrected chi connectivity index (χ2v) is 4.41. The lowest BCUT2D eigenvalue weighted by Gasteiger charge is -2.40. The summed E-state index contributed by atoms with van der Waals surface area (Å²) in [5.74, 6) is 0.740. The number of hydrogen-bond donors (Lipinski definition) is 1. The van der Waals surface area contributed by atoms with E-state index in [1.165, 1.54) is 0 Å². The first-order chi connectivity index (χ1) is 8.55. The number of nitrogens with one attached hydrogen (secondary N) is 1. The Labute approximate surface area is 102 Å². The molecule has 1 aromatic rings. The van der Waals surface area contributed by atoms with E-state index in [1.807, 2.05) is 4.90 Å². The van der Waals surface area contributed by atoms with Gasteiger partial charge in [0.1, 0.15) is 6.61 Å². The zero-order valence-corrected chi connectivity index (χ0v) is 9.50. The number of rotatable bonds is 0. The van der Waals surface area contributed by atoms with E-state index in [2.05, 4.69) is 10.3 Å². The molecule has 2 aliphatic heterocycles. The van der Waals surface area contributed by atoms with E-state index < -0.39 is 11.7 Å². The molecule has 0 radical (unpaired) electrons. The van der Waals surface area contributed by atoms with Crippen LogP contribution in [0.25, 0.3) is 0 Å². The third-order valence-electron chi connectivity index (χ3n) is 3.21. The van der Waals surface area contributed by atoms with Crippen molar-refractivity contribution in [2.45, 2.75) is 12.2 Å². The number of fused-ring (bicyclic) bond motifs is 3. The van der Waals surface area contributed by atoms with Gasteiger partial charge in [0.15, 0.2) is 11.6 Å². The summed E-state index contributed by atoms with van der Waals surface area (Å²) in [5.41, 5.74) is -0.769. The molecule has 1 unspecified atom stereocenters. The average molecular weight is 259 g/mol. The third-order valence-corrected chi connectivity index (χ3v) is 3.21. The average Bonchev–Trinajstić information content (AvgIpc) is 2.37. The SMILES string of the molecule is FC(F)(F)c1cnc2c(c1)OCC1CNCCN21. The van der Waals surface area contributed by atoms with Crippen molar-refractivity contribution in [2.75, 3.05) is 31.1 Å². The number of ether oxygens (including phenoxy) is 1. The topological polar surface area (TPSA) is 37.4 Å². The van der Waals surface area contributed by atoms with Crippen molar-refractivity contribution < 1.29 is 17.9 Å². The highest BCUT2D eigenvalue weighted by Gasteiger charge is 2.35. The van der Waals surface area contributed by atoms with Crippen molar-refractivity contribution in [1.82, 2.24) is 10.3 Å². The summed E-state index contributed by atoms with van der Waals surface area (Å²) in [4.78, 5) is 5.93. The molecule has 1 aromatic heterocycles. The Balaban J connectivity index is 1.96. The maximum Gasteiger partial charge on any atom is 0.418 e. The molecular formula is C11H12F3N3O. The van der Waals surface area contributed by atoms with Crippen molar-refractivity contribution in [3.05, 3.63) is 17.8 Å². The normalized spacial score (nSPS) is 23.1. The van der Waals surface area contributed by atoms with E-state index in [-0.39, 0.29) is 11.8 Å². The molecule has 1 saturated heterocycles. The Morgan fingerprint density at radius 3 is 3.06 bits per heavy atom. The molecule has 4 nitrogen and oxygen atoms in total. The quantitative estimate of drug-likeness (QED) is 0.761. The Kier molecular flexibility index (Phi) is 2.58. The van der Waals surface area contributed by atoms with E-state index in [0.717, 1.165) is 31.9 Å². The molecule has 1 N–H and O–H groups in total. The van der Waals surface area contributed by atoms with Crippen LogP contribution in [0.4, 0.5) is 19.0 Å². The van der Waals surface area contributed by atoms with Gasteiger partial charge in [-0.25, -0.2) is 4.98 Å². The van der Waals surface area contributed by atoms with Crippen LogP contribution in [0.1, 0.15) is 5.56 Å². The molecule has 0 amide bonds. The number of alkyl halides is 3. The smallest absolute Gasteiger partial charge is 0.418 e. The lowest BCUT2D eigenvalue weighted by atomic mass is 10.1. The fourth-order valence-corrected chi connectivity index (χ4v) is 2.29. The number of piperazine rings is 1. The predicted octanol–water partition coefficient (Wildman–Crippen LogP) is 1.27. The van der Waals surface area contributed by atoms with Gasteiger partial charge < -0.3 is 15.0 Å². The molecule has 1 atom stereocenters. The lowest BCUT2D eigenvalue weighted by Crippen LogP contribution is -2.56. The van der Waals surface area contributed by atoms with Gasteiger partial charge in [-0.15, -0.1) is 0 Å². The number of aromatic nitrogens is 1. The summed E-state index contributed by atoms with van der Waals surface area (Å²) in [7, 11) is 0. The zero-order chi connectivity index (χ0) is 12.8. The molecule has 3 heterocycles. The third kappa shape index (κ3) is 1.88. The zero-order valence-electron chi connectivity index (χ0n) is 9.50. The standard InChI is InChI=1S/C11H12F3N3O/c12-11(13,14)7-3-9-10(16-4-7)17-2-1-15-5-8(17)6-18-9/h3-4,8,15H,1-2,5-6H2. The molecule has 98 valence electrons. The van der Waals surface area contributed by atoms with Crippen LogP contribution >= 0.6 is 0 Å². The van der Waals surface area contributed by atoms with Crippen molar-refractivity contribution in [3.8, 4) is 5.75 Å². The summed E-state index contributed by atoms with van der Waals surface area (Å²) in [6, 6.07) is 1.18. The van der Waals surface area contributed by atoms with E-state index in [1.54, 1.807) is 0 Å². The molecule has 18 heavy (non-hydrogen) atoms. The van der Waals surface area contributed by atoms with Gasteiger partial charge in [0.2, 0.25) is 0 Å². The van der Waals surface area contributed by atoms with Gasteiger partial charge in [0.05, 0.1) is 11.6 Å². The highest BCUT2D eigenvalue weighted by atomic mass is 19.4. The minimum Gasteiger partial charge on any atom is -0.487 e. The maximum atomic E-state index is 12.6. The Morgan fingerprint density at radius 2 is 2.28 bits per heavy atom. The van der Waals surface area contributed by atoms with Crippen LogP contribution in [0.5, 0.6) is 5.75 Å². The number of pyridine rings is 1. The predicted molar refractivity (Wildman–Crippen MR) is 58.7 cm³/mol. The van der Waals surface area contributed by atoms with E-state index in [9.17, 15) is 13.2 Å². The summed E-state index contributed by atoms with van der Waals surface area (Å²) < 4.78 is 43.1. The molecule has 1 fully saturated rings. The monoisotopic (exact) mass is 259 g/mol. The van der Waals surface area contributed by atoms with Crippen molar-refractivity contribution in [3.63, 3.8) is 0 Å². The van der Waals surface area contributed by atoms with Gasteiger partial charge in [-0.05, 0) is 6.07 Å². The molecule has 7 heteroatoms. The van der Waals surface area contributed by atoms with Crippen LogP contribution in [-0.2, 0) is 6.18 Å². The number of hydrogen-bond acceptors (Lipinski definition) is 4. The summed E-state index contributed by atoms with van der Waals surface area (Å²) in [6.45, 7) is 2.70. The molecule has 0 bridgehead atoms. The van der Waals surface area contributed by atoms with Gasteiger partial charge in [0, 0.05) is 25.8 Å². The fourth-order valence-electron chi connectivity index (χ4n) is 2.29. The fraction of sp³-hybridized carbons (Fsp3) is 0.545. The second kappa shape index (κ2) is 4.01. The number of halogens is 3. The van der Waals surface area contributed by atoms with E-state index in [0.29, 0.717) is 12.4 Å². The summed E-state index contributed by atoms with van der Waals surface area (Å²) in [6.07, 6.45) is -3.52. The van der Waals surface area contributed by atoms with Gasteiger partial charge in [-0.1, -0.05) is 0 Å². The van der Waals surface area contributed by atoms with E-state index in [4.69, 9.17) is 4.74 Å². The number of nitrogens with zero attached hydrogens (tertiary/aromatic N) is 2. The summed E-state index contributed by atoms with van der Waals surface area (Å²) in [5, 5.41) is 3.22. The van der Waals surface area contributed by atoms with Crippen LogP contribution in [0.15, 0.2) is 12.3 Å². The molecule has 0 aromatic carbocycles. The van der Waals surface area contributed by atoms with Gasteiger partial charge in [0.25, 0.3) is 0 Å². The molecule has 0 saturated carbocycles. The minimum absolute atomic E-state index is 0.149. The summed E-state index contributed by atoms with van der Waals surface area (Å²) >= 11 is 0. The van der Waals surface area contributed by atoms with Crippen LogP contribution < -0.4 is 15.0 Å². The molecule has 0 aliphatic carbocycles.